The lowest BCUT2D eigenvalue weighted by atomic mass is 10.2. The molecule has 0 aliphatic heterocycles. The average molecular weight is 274 g/mol. The largest absolute Gasteiger partial charge is 0.466 e. The highest BCUT2D eigenvalue weighted by molar-refractivity contribution is 5.87. The van der Waals surface area contributed by atoms with E-state index in [2.05, 4.69) is 4.74 Å². The van der Waals surface area contributed by atoms with Gasteiger partial charge in [-0.15, -0.1) is 0 Å². The van der Waals surface area contributed by atoms with E-state index in [0.717, 1.165) is 10.9 Å². The highest BCUT2D eigenvalue weighted by Gasteiger charge is 2.09. The monoisotopic (exact) mass is 274 g/mol. The molecule has 0 radical (unpaired) electrons. The molecule has 0 bridgehead atoms. The number of methoxy groups -OCH3 is 1. The minimum atomic E-state index is -0.424. The van der Waals surface area contributed by atoms with Gasteiger partial charge in [-0.3, -0.25) is 10.1 Å². The second-order valence-corrected chi connectivity index (χ2v) is 4.35. The lowest BCUT2D eigenvalue weighted by Gasteiger charge is -2.03. The van der Waals surface area contributed by atoms with Crippen LogP contribution in [0.2, 0.25) is 0 Å². The van der Waals surface area contributed by atoms with Crippen LogP contribution in [0.4, 0.5) is 5.69 Å². The highest BCUT2D eigenvalue weighted by atomic mass is 16.6. The van der Waals surface area contributed by atoms with Gasteiger partial charge in [0.15, 0.2) is 0 Å². The Labute approximate surface area is 115 Å². The quantitative estimate of drug-likeness (QED) is 0.372. The molecule has 20 heavy (non-hydrogen) atoms. The fourth-order valence-electron chi connectivity index (χ4n) is 1.92. The summed E-state index contributed by atoms with van der Waals surface area (Å²) in [6.07, 6.45) is 3.56. The number of allylic oxidation sites excluding steroid dienone is 1. The smallest absolute Gasteiger partial charge is 0.333 e. The Bertz CT molecular complexity index is 700. The van der Waals surface area contributed by atoms with Gasteiger partial charge in [-0.25, -0.2) is 4.79 Å². The Balaban J connectivity index is 2.33. The lowest BCUT2D eigenvalue weighted by molar-refractivity contribution is -0.384. The van der Waals surface area contributed by atoms with Crippen LogP contribution in [0.5, 0.6) is 0 Å². The third-order valence-corrected chi connectivity index (χ3v) is 3.07. The zero-order valence-corrected chi connectivity index (χ0v) is 11.2. The molecule has 0 saturated heterocycles. The van der Waals surface area contributed by atoms with E-state index in [4.69, 9.17) is 0 Å². The van der Waals surface area contributed by atoms with Crippen molar-refractivity contribution < 1.29 is 14.5 Å². The van der Waals surface area contributed by atoms with Crippen molar-refractivity contribution in [2.75, 3.05) is 7.11 Å². The molecule has 0 saturated carbocycles. The van der Waals surface area contributed by atoms with Crippen molar-refractivity contribution >= 4 is 22.6 Å². The Morgan fingerprint density at radius 1 is 1.45 bits per heavy atom. The minimum Gasteiger partial charge on any atom is -0.466 e. The van der Waals surface area contributed by atoms with E-state index in [0.29, 0.717) is 12.1 Å². The van der Waals surface area contributed by atoms with Crippen molar-refractivity contribution in [3.05, 3.63) is 52.2 Å². The summed E-state index contributed by atoms with van der Waals surface area (Å²) in [5.74, 6) is -0.382. The summed E-state index contributed by atoms with van der Waals surface area (Å²) in [6.45, 7) is 2.12. The number of hydrogen-bond donors (Lipinski definition) is 0. The summed E-state index contributed by atoms with van der Waals surface area (Å²) < 4.78 is 6.46. The number of hydrogen-bond acceptors (Lipinski definition) is 4. The summed E-state index contributed by atoms with van der Waals surface area (Å²) in [6, 6.07) is 6.58. The van der Waals surface area contributed by atoms with Gasteiger partial charge in [0.1, 0.15) is 0 Å². The van der Waals surface area contributed by atoms with E-state index >= 15 is 0 Å². The van der Waals surface area contributed by atoms with Crippen molar-refractivity contribution in [3.8, 4) is 0 Å². The maximum atomic E-state index is 11.3. The van der Waals surface area contributed by atoms with Crippen LogP contribution in [0.15, 0.2) is 42.1 Å². The molecule has 2 aromatic rings. The Hall–Kier alpha value is -2.63. The van der Waals surface area contributed by atoms with Crippen molar-refractivity contribution in [2.45, 2.75) is 13.5 Å². The SMILES string of the molecule is COC(=O)C(C)=CCn1ccc2ccc([N+](=O)[O-])cc21. The predicted molar refractivity (Wildman–Crippen MR) is 74.4 cm³/mol. The number of carbonyl (C=O) groups excluding carboxylic acids is 1. The number of benzene rings is 1. The van der Waals surface area contributed by atoms with Crippen molar-refractivity contribution in [2.24, 2.45) is 0 Å². The fraction of sp³-hybridized carbons (Fsp3) is 0.214. The molecular weight excluding hydrogens is 260 g/mol. The van der Waals surface area contributed by atoms with Gasteiger partial charge < -0.3 is 9.30 Å². The summed E-state index contributed by atoms with van der Waals surface area (Å²) in [5, 5.41) is 11.7. The number of esters is 1. The van der Waals surface area contributed by atoms with E-state index in [-0.39, 0.29) is 11.7 Å². The van der Waals surface area contributed by atoms with Crippen LogP contribution in [0, 0.1) is 10.1 Å². The molecule has 0 aliphatic carbocycles. The van der Waals surface area contributed by atoms with Crippen LogP contribution >= 0.6 is 0 Å². The molecule has 0 unspecified atom stereocenters. The van der Waals surface area contributed by atoms with Crippen molar-refractivity contribution in [3.63, 3.8) is 0 Å². The van der Waals surface area contributed by atoms with Gasteiger partial charge in [-0.05, 0) is 19.1 Å². The third kappa shape index (κ3) is 2.69. The number of nitro groups is 1. The average Bonchev–Trinajstić information content (AvgIpc) is 2.85. The molecule has 0 fully saturated rings. The van der Waals surface area contributed by atoms with Crippen LogP contribution in [0.1, 0.15) is 6.92 Å². The van der Waals surface area contributed by atoms with Gasteiger partial charge in [0.25, 0.3) is 5.69 Å². The minimum absolute atomic E-state index is 0.0473. The molecule has 6 heteroatoms. The molecule has 0 aliphatic rings. The molecule has 1 aromatic heterocycles. The normalized spacial score (nSPS) is 11.6. The molecule has 0 atom stereocenters. The Morgan fingerprint density at radius 3 is 2.85 bits per heavy atom. The number of nitrogens with zero attached hydrogens (tertiary/aromatic N) is 2. The second-order valence-electron chi connectivity index (χ2n) is 4.35. The van der Waals surface area contributed by atoms with Gasteiger partial charge in [-0.1, -0.05) is 6.08 Å². The molecule has 0 spiro atoms. The first-order chi connectivity index (χ1) is 9.52. The van der Waals surface area contributed by atoms with Crippen LogP contribution in [0.3, 0.4) is 0 Å². The van der Waals surface area contributed by atoms with E-state index in [9.17, 15) is 14.9 Å². The molecular formula is C14H14N2O4. The topological polar surface area (TPSA) is 74.4 Å². The van der Waals surface area contributed by atoms with Gasteiger partial charge in [0.05, 0.1) is 17.5 Å². The number of fused-ring (bicyclic) bond motifs is 1. The number of ether oxygens (including phenoxy) is 1. The molecule has 6 nitrogen and oxygen atoms in total. The van der Waals surface area contributed by atoms with E-state index in [1.54, 1.807) is 19.1 Å². The van der Waals surface area contributed by atoms with E-state index in [1.165, 1.54) is 19.2 Å². The van der Waals surface area contributed by atoms with E-state index in [1.807, 2.05) is 16.8 Å². The van der Waals surface area contributed by atoms with Crippen LogP contribution < -0.4 is 0 Å². The number of rotatable bonds is 4. The highest BCUT2D eigenvalue weighted by Crippen LogP contribution is 2.22. The van der Waals surface area contributed by atoms with Gasteiger partial charge in [-0.2, -0.15) is 0 Å². The van der Waals surface area contributed by atoms with E-state index < -0.39 is 4.92 Å². The molecule has 2 rings (SSSR count). The van der Waals surface area contributed by atoms with Gasteiger partial charge in [0.2, 0.25) is 0 Å². The maximum absolute atomic E-state index is 11.3. The zero-order chi connectivity index (χ0) is 14.7. The van der Waals surface area contributed by atoms with Crippen molar-refractivity contribution in [1.82, 2.24) is 4.57 Å². The standard InChI is InChI=1S/C14H14N2O4/c1-10(14(17)20-2)5-7-15-8-6-11-3-4-12(16(18)19)9-13(11)15/h3-6,8-9H,7H2,1-2H3. The number of carbonyl (C=O) groups is 1. The number of aromatic nitrogens is 1. The zero-order valence-electron chi connectivity index (χ0n) is 11.2. The summed E-state index contributed by atoms with van der Waals surface area (Å²) in [7, 11) is 1.33. The first-order valence-corrected chi connectivity index (χ1v) is 6.01. The maximum Gasteiger partial charge on any atom is 0.333 e. The van der Waals surface area contributed by atoms with Crippen LogP contribution in [-0.4, -0.2) is 22.6 Å². The first-order valence-electron chi connectivity index (χ1n) is 6.01. The first kappa shape index (κ1) is 13.8. The lowest BCUT2D eigenvalue weighted by Crippen LogP contribution is -2.03. The van der Waals surface area contributed by atoms with Gasteiger partial charge in [0, 0.05) is 35.8 Å². The second kappa shape index (κ2) is 5.56. The van der Waals surface area contributed by atoms with Gasteiger partial charge >= 0.3 is 5.97 Å². The summed E-state index contributed by atoms with van der Waals surface area (Å²) in [5.41, 5.74) is 1.30. The summed E-state index contributed by atoms with van der Waals surface area (Å²) in [4.78, 5) is 21.7. The molecule has 0 N–H and O–H groups in total. The molecule has 0 amide bonds. The van der Waals surface area contributed by atoms with Crippen molar-refractivity contribution in [1.29, 1.82) is 0 Å². The third-order valence-electron chi connectivity index (χ3n) is 3.07. The molecule has 104 valence electrons. The molecule has 1 aromatic carbocycles. The fourth-order valence-corrected chi connectivity index (χ4v) is 1.92. The Kier molecular flexibility index (Phi) is 3.84. The summed E-state index contributed by atoms with van der Waals surface area (Å²) >= 11 is 0. The number of nitro benzene ring substituents is 1. The van der Waals surface area contributed by atoms with Crippen LogP contribution in [0.25, 0.3) is 10.9 Å². The molecule has 1 heterocycles. The predicted octanol–water partition coefficient (Wildman–Crippen LogP) is 2.67. The van der Waals surface area contributed by atoms with Crippen LogP contribution in [-0.2, 0) is 16.1 Å². The Morgan fingerprint density at radius 2 is 2.20 bits per heavy atom. The number of non-ortho nitro benzene ring substituents is 1.